The van der Waals surface area contributed by atoms with Crippen molar-refractivity contribution in [3.8, 4) is 0 Å². The van der Waals surface area contributed by atoms with Crippen molar-refractivity contribution in [2.45, 2.75) is 48.8 Å². The van der Waals surface area contributed by atoms with Gasteiger partial charge in [0, 0.05) is 17.3 Å². The van der Waals surface area contributed by atoms with Gasteiger partial charge in [-0.3, -0.25) is 0 Å². The molecule has 0 spiro atoms. The minimum absolute atomic E-state index is 0.804. The summed E-state index contributed by atoms with van der Waals surface area (Å²) in [7, 11) is 0. The number of hydrogen-bond acceptors (Lipinski definition) is 3. The largest absolute Gasteiger partial charge is 0.468 e. The molecule has 0 aliphatic carbocycles. The number of hydrogen-bond donors (Lipinski definition) is 1. The minimum atomic E-state index is 0.804. The van der Waals surface area contributed by atoms with Crippen molar-refractivity contribution in [1.82, 2.24) is 5.32 Å². The van der Waals surface area contributed by atoms with Crippen LogP contribution < -0.4 is 5.32 Å². The number of thioether (sulfide) groups is 1. The lowest BCUT2D eigenvalue weighted by molar-refractivity contribution is 0.414. The molecule has 0 aromatic carbocycles. The Balaban J connectivity index is 1.52. The lowest BCUT2D eigenvalue weighted by Gasteiger charge is -2.28. The summed E-state index contributed by atoms with van der Waals surface area (Å²) >= 11 is 2.07. The van der Waals surface area contributed by atoms with Gasteiger partial charge in [-0.15, -0.1) is 0 Å². The van der Waals surface area contributed by atoms with E-state index in [9.17, 15) is 0 Å². The smallest absolute Gasteiger partial charge is 0.113 e. The molecule has 3 heteroatoms. The molecule has 1 unspecified atom stereocenters. The second kappa shape index (κ2) is 4.22. The molecule has 3 rings (SSSR count). The number of rotatable bonds is 3. The van der Waals surface area contributed by atoms with E-state index in [1.165, 1.54) is 25.7 Å². The van der Waals surface area contributed by atoms with Gasteiger partial charge in [-0.25, -0.2) is 0 Å². The first-order valence-corrected chi connectivity index (χ1v) is 6.85. The summed E-state index contributed by atoms with van der Waals surface area (Å²) in [6.07, 6.45) is 7.25. The Bertz CT molecular complexity index is 299. The average Bonchev–Trinajstić information content (AvgIpc) is 2.86. The van der Waals surface area contributed by atoms with Gasteiger partial charge in [0.15, 0.2) is 0 Å². The van der Waals surface area contributed by atoms with Crippen molar-refractivity contribution in [1.29, 1.82) is 0 Å². The Labute approximate surface area is 94.8 Å². The Morgan fingerprint density at radius 2 is 2.13 bits per heavy atom. The molecule has 2 nitrogen and oxygen atoms in total. The molecule has 2 aliphatic heterocycles. The molecule has 2 bridgehead atoms. The summed E-state index contributed by atoms with van der Waals surface area (Å²) in [6.45, 7) is 0. The van der Waals surface area contributed by atoms with Crippen molar-refractivity contribution in [2.75, 3.05) is 0 Å². The molecule has 0 amide bonds. The fourth-order valence-corrected chi connectivity index (χ4v) is 4.04. The van der Waals surface area contributed by atoms with Gasteiger partial charge in [-0.05, 0) is 37.8 Å². The van der Waals surface area contributed by atoms with Crippen molar-refractivity contribution in [3.63, 3.8) is 0 Å². The predicted octanol–water partition coefficient (Wildman–Crippen LogP) is 2.80. The fraction of sp³-hybridized carbons (Fsp3) is 0.667. The quantitative estimate of drug-likeness (QED) is 0.853. The van der Waals surface area contributed by atoms with Crippen molar-refractivity contribution >= 4 is 11.8 Å². The molecule has 3 heterocycles. The van der Waals surface area contributed by atoms with Gasteiger partial charge in [0.2, 0.25) is 0 Å². The van der Waals surface area contributed by atoms with E-state index in [1.54, 1.807) is 6.26 Å². The molecule has 2 aliphatic rings. The fourth-order valence-electron chi connectivity index (χ4n) is 2.74. The van der Waals surface area contributed by atoms with Gasteiger partial charge in [-0.2, -0.15) is 11.8 Å². The van der Waals surface area contributed by atoms with E-state index >= 15 is 0 Å². The second-order valence-corrected chi connectivity index (χ2v) is 5.91. The van der Waals surface area contributed by atoms with Crippen LogP contribution >= 0.6 is 11.8 Å². The third kappa shape index (κ3) is 2.23. The Morgan fingerprint density at radius 1 is 1.33 bits per heavy atom. The first-order chi connectivity index (χ1) is 7.40. The highest BCUT2D eigenvalue weighted by atomic mass is 32.2. The van der Waals surface area contributed by atoms with E-state index in [0.29, 0.717) is 0 Å². The van der Waals surface area contributed by atoms with Crippen molar-refractivity contribution < 1.29 is 4.42 Å². The van der Waals surface area contributed by atoms with Gasteiger partial charge in [0.25, 0.3) is 0 Å². The molecular formula is C12H17NOS. The maximum atomic E-state index is 5.36. The Hall–Kier alpha value is -0.410. The molecule has 1 aromatic heterocycles. The molecule has 82 valence electrons. The SMILES string of the molecule is c1coc(CSC2C[C@H]3CC[C@@H](C2)N3)c1. The molecule has 1 aromatic rings. The minimum Gasteiger partial charge on any atom is -0.468 e. The van der Waals surface area contributed by atoms with Crippen LogP contribution in [0.1, 0.15) is 31.4 Å². The Morgan fingerprint density at radius 3 is 2.80 bits per heavy atom. The maximum Gasteiger partial charge on any atom is 0.113 e. The third-order valence-electron chi connectivity index (χ3n) is 3.47. The standard InChI is InChI=1S/C12H17NOS/c1-2-11(14-5-1)8-15-12-6-9-3-4-10(7-12)13-9/h1-2,5,9-10,12-13H,3-4,6-8H2/t9-,10+,12?. The van der Waals surface area contributed by atoms with Crippen LogP contribution in [-0.4, -0.2) is 17.3 Å². The van der Waals surface area contributed by atoms with Crippen LogP contribution in [0.5, 0.6) is 0 Å². The molecule has 1 N–H and O–H groups in total. The van der Waals surface area contributed by atoms with E-state index in [0.717, 1.165) is 28.8 Å². The number of nitrogens with one attached hydrogen (secondary N) is 1. The molecule has 15 heavy (non-hydrogen) atoms. The topological polar surface area (TPSA) is 25.2 Å². The molecule has 2 fully saturated rings. The van der Waals surface area contributed by atoms with Crippen LogP contribution in [0.2, 0.25) is 0 Å². The third-order valence-corrected chi connectivity index (χ3v) is 4.78. The number of fused-ring (bicyclic) bond motifs is 2. The summed E-state index contributed by atoms with van der Waals surface area (Å²) in [5, 5.41) is 4.52. The van der Waals surface area contributed by atoms with Crippen LogP contribution in [0.4, 0.5) is 0 Å². The van der Waals surface area contributed by atoms with Crippen LogP contribution in [0.25, 0.3) is 0 Å². The van der Waals surface area contributed by atoms with Crippen molar-refractivity contribution in [3.05, 3.63) is 24.2 Å². The Kier molecular flexibility index (Phi) is 2.76. The first-order valence-electron chi connectivity index (χ1n) is 5.80. The van der Waals surface area contributed by atoms with E-state index < -0.39 is 0 Å². The summed E-state index contributed by atoms with van der Waals surface area (Å²) in [5.41, 5.74) is 0. The average molecular weight is 223 g/mol. The van der Waals surface area contributed by atoms with E-state index in [-0.39, 0.29) is 0 Å². The maximum absolute atomic E-state index is 5.36. The van der Waals surface area contributed by atoms with E-state index in [2.05, 4.69) is 23.1 Å². The zero-order valence-electron chi connectivity index (χ0n) is 8.82. The lowest BCUT2D eigenvalue weighted by atomic mass is 10.1. The highest BCUT2D eigenvalue weighted by molar-refractivity contribution is 7.99. The van der Waals surface area contributed by atoms with Gasteiger partial charge in [-0.1, -0.05) is 0 Å². The van der Waals surface area contributed by atoms with Crippen molar-refractivity contribution in [2.24, 2.45) is 0 Å². The second-order valence-electron chi connectivity index (χ2n) is 4.62. The van der Waals surface area contributed by atoms with Gasteiger partial charge in [0.1, 0.15) is 5.76 Å². The highest BCUT2D eigenvalue weighted by Gasteiger charge is 2.33. The normalized spacial score (nSPS) is 34.5. The highest BCUT2D eigenvalue weighted by Crippen LogP contribution is 2.34. The van der Waals surface area contributed by atoms with E-state index in [1.807, 2.05) is 6.07 Å². The van der Waals surface area contributed by atoms with Crippen LogP contribution in [-0.2, 0) is 5.75 Å². The number of piperidine rings is 1. The van der Waals surface area contributed by atoms with Gasteiger partial charge >= 0.3 is 0 Å². The molecular weight excluding hydrogens is 206 g/mol. The molecule has 2 saturated heterocycles. The molecule has 3 atom stereocenters. The first kappa shape index (κ1) is 9.79. The van der Waals surface area contributed by atoms with Crippen LogP contribution in [0.15, 0.2) is 22.8 Å². The number of furan rings is 1. The zero-order chi connectivity index (χ0) is 10.1. The lowest BCUT2D eigenvalue weighted by Crippen LogP contribution is -2.39. The zero-order valence-corrected chi connectivity index (χ0v) is 9.63. The van der Waals surface area contributed by atoms with E-state index in [4.69, 9.17) is 4.42 Å². The molecule has 0 radical (unpaired) electrons. The van der Waals surface area contributed by atoms with Crippen LogP contribution in [0, 0.1) is 0 Å². The molecule has 0 saturated carbocycles. The van der Waals surface area contributed by atoms with Crippen LogP contribution in [0.3, 0.4) is 0 Å². The van der Waals surface area contributed by atoms with Gasteiger partial charge < -0.3 is 9.73 Å². The summed E-state index contributed by atoms with van der Waals surface area (Å²) in [5.74, 6) is 2.16. The summed E-state index contributed by atoms with van der Waals surface area (Å²) in [4.78, 5) is 0. The summed E-state index contributed by atoms with van der Waals surface area (Å²) < 4.78 is 5.36. The monoisotopic (exact) mass is 223 g/mol. The summed E-state index contributed by atoms with van der Waals surface area (Å²) in [6, 6.07) is 5.65. The van der Waals surface area contributed by atoms with Gasteiger partial charge in [0.05, 0.1) is 12.0 Å². The predicted molar refractivity (Wildman–Crippen MR) is 63.0 cm³/mol.